The molecule has 0 spiro atoms. The summed E-state index contributed by atoms with van der Waals surface area (Å²) in [5.41, 5.74) is 4.89. The van der Waals surface area contributed by atoms with E-state index in [-0.39, 0.29) is 17.2 Å². The van der Waals surface area contributed by atoms with E-state index in [1.807, 2.05) is 66.7 Å². The van der Waals surface area contributed by atoms with E-state index in [9.17, 15) is 14.4 Å². The number of H-pyrrole nitrogens is 1. The van der Waals surface area contributed by atoms with Gasteiger partial charge in [-0.3, -0.25) is 14.5 Å². The molecule has 3 heterocycles. The molecule has 2 aliphatic heterocycles. The molecule has 2 N–H and O–H groups in total. The Bertz CT molecular complexity index is 1860. The van der Waals surface area contributed by atoms with E-state index in [4.69, 9.17) is 4.74 Å². The molecule has 0 radical (unpaired) electrons. The molecule has 44 heavy (non-hydrogen) atoms. The average Bonchev–Trinajstić information content (AvgIpc) is 3.55. The molecule has 2 atom stereocenters. The number of nitrogens with zero attached hydrogens (tertiary/aromatic N) is 2. The fraction of sp³-hybridized carbons (Fsp3) is 0.194. The maximum absolute atomic E-state index is 14.3. The van der Waals surface area contributed by atoms with Crippen LogP contribution < -0.4 is 15.0 Å². The number of para-hydroxylation sites is 2. The summed E-state index contributed by atoms with van der Waals surface area (Å²) in [6, 6.07) is 30.0. The van der Waals surface area contributed by atoms with Gasteiger partial charge in [0.15, 0.2) is 0 Å². The second-order valence-corrected chi connectivity index (χ2v) is 11.2. The van der Waals surface area contributed by atoms with Crippen LogP contribution in [-0.2, 0) is 11.2 Å². The lowest BCUT2D eigenvalue weighted by atomic mass is 9.89. The maximum Gasteiger partial charge on any atom is 0.332 e. The quantitative estimate of drug-likeness (QED) is 0.151. The Morgan fingerprint density at radius 1 is 0.909 bits per heavy atom. The highest BCUT2D eigenvalue weighted by atomic mass is 16.5. The first-order chi connectivity index (χ1) is 21.5. The minimum atomic E-state index is -0.712. The number of ether oxygens (including phenoxy) is 1. The first kappa shape index (κ1) is 27.5. The van der Waals surface area contributed by atoms with Gasteiger partial charge in [-0.1, -0.05) is 74.0 Å². The summed E-state index contributed by atoms with van der Waals surface area (Å²) in [4.78, 5) is 48.5. The second-order valence-electron chi connectivity index (χ2n) is 11.2. The first-order valence-electron chi connectivity index (χ1n) is 15.0. The normalized spacial score (nSPS) is 17.5. The van der Waals surface area contributed by atoms with Crippen LogP contribution in [-0.4, -0.2) is 40.4 Å². The lowest BCUT2D eigenvalue weighted by Gasteiger charge is -2.36. The molecule has 0 bridgehead atoms. The number of anilines is 2. The first-order valence-corrected chi connectivity index (χ1v) is 15.0. The molecule has 1 aromatic heterocycles. The Morgan fingerprint density at radius 3 is 2.43 bits per heavy atom. The van der Waals surface area contributed by atoms with Crippen molar-refractivity contribution in [2.24, 2.45) is 0 Å². The smallest absolute Gasteiger partial charge is 0.332 e. The van der Waals surface area contributed by atoms with Crippen molar-refractivity contribution in [3.63, 3.8) is 0 Å². The number of amides is 4. The Balaban J connectivity index is 1.22. The number of fused-ring (bicyclic) bond motifs is 4. The molecule has 4 aromatic carbocycles. The van der Waals surface area contributed by atoms with Gasteiger partial charge in [-0.2, -0.15) is 0 Å². The van der Waals surface area contributed by atoms with Gasteiger partial charge in [-0.25, -0.2) is 9.69 Å². The van der Waals surface area contributed by atoms with Gasteiger partial charge in [0.25, 0.3) is 11.8 Å². The van der Waals surface area contributed by atoms with Gasteiger partial charge in [0.05, 0.1) is 17.9 Å². The highest BCUT2D eigenvalue weighted by molar-refractivity contribution is 6.24. The number of carbonyl (C=O) groups excluding carboxylic acids is 3. The third kappa shape index (κ3) is 4.68. The number of aromatic amines is 1. The van der Waals surface area contributed by atoms with Gasteiger partial charge in [-0.15, -0.1) is 0 Å². The van der Waals surface area contributed by atoms with Crippen LogP contribution in [0.1, 0.15) is 53.0 Å². The number of unbranched alkanes of at least 4 members (excludes halogenated alkanes) is 1. The standard InChI is InChI=1S/C36H32N4O4/c1-2-3-21-44-25-19-17-24(18-20-25)37-34(41)27-14-8-10-16-30(27)40-35(42)31-22-28-26-13-7-9-15-29(26)38-32(28)33(39(31)36(40)43)23-11-5-4-6-12-23/h4-20,31,33,38H,2-3,21-22H2,1H3,(H,37,41)/t31-,33?/m0/s1. The zero-order valence-electron chi connectivity index (χ0n) is 24.3. The summed E-state index contributed by atoms with van der Waals surface area (Å²) in [6.07, 6.45) is 2.39. The van der Waals surface area contributed by atoms with E-state index >= 15 is 0 Å². The number of urea groups is 1. The van der Waals surface area contributed by atoms with Crippen LogP contribution in [0, 0.1) is 0 Å². The molecule has 7 rings (SSSR count). The molecule has 1 saturated heterocycles. The third-order valence-electron chi connectivity index (χ3n) is 8.43. The minimum absolute atomic E-state index is 0.234. The molecular formula is C36H32N4O4. The predicted octanol–water partition coefficient (Wildman–Crippen LogP) is 7.08. The van der Waals surface area contributed by atoms with Crippen LogP contribution >= 0.6 is 0 Å². The van der Waals surface area contributed by atoms with Crippen molar-refractivity contribution in [2.45, 2.75) is 38.3 Å². The third-order valence-corrected chi connectivity index (χ3v) is 8.43. The van der Waals surface area contributed by atoms with E-state index in [0.29, 0.717) is 18.7 Å². The monoisotopic (exact) mass is 584 g/mol. The molecule has 1 fully saturated rings. The maximum atomic E-state index is 14.3. The molecule has 8 nitrogen and oxygen atoms in total. The molecule has 0 saturated carbocycles. The van der Waals surface area contributed by atoms with Gasteiger partial charge in [0.1, 0.15) is 17.8 Å². The van der Waals surface area contributed by atoms with Gasteiger partial charge in [0.2, 0.25) is 0 Å². The summed E-state index contributed by atoms with van der Waals surface area (Å²) in [7, 11) is 0. The Morgan fingerprint density at radius 2 is 1.64 bits per heavy atom. The number of hydrogen-bond acceptors (Lipinski definition) is 4. The number of aromatic nitrogens is 1. The number of carbonyl (C=O) groups is 3. The summed E-state index contributed by atoms with van der Waals surface area (Å²) < 4.78 is 5.73. The molecule has 4 amide bonds. The summed E-state index contributed by atoms with van der Waals surface area (Å²) >= 11 is 0. The summed E-state index contributed by atoms with van der Waals surface area (Å²) in [5.74, 6) is -0.0328. The number of nitrogens with one attached hydrogen (secondary N) is 2. The van der Waals surface area contributed by atoms with E-state index in [2.05, 4.69) is 17.2 Å². The predicted molar refractivity (Wildman–Crippen MR) is 170 cm³/mol. The summed E-state index contributed by atoms with van der Waals surface area (Å²) in [6.45, 7) is 2.74. The second kappa shape index (κ2) is 11.4. The zero-order chi connectivity index (χ0) is 30.2. The Labute approximate surface area is 255 Å². The van der Waals surface area contributed by atoms with Crippen molar-refractivity contribution in [3.8, 4) is 5.75 Å². The van der Waals surface area contributed by atoms with Crippen LogP contribution in [0.2, 0.25) is 0 Å². The summed E-state index contributed by atoms with van der Waals surface area (Å²) in [5, 5.41) is 3.96. The van der Waals surface area contributed by atoms with E-state index < -0.39 is 24.0 Å². The van der Waals surface area contributed by atoms with Gasteiger partial charge < -0.3 is 15.0 Å². The van der Waals surface area contributed by atoms with Crippen LogP contribution in [0.3, 0.4) is 0 Å². The molecule has 2 aliphatic rings. The number of imide groups is 1. The molecule has 8 heteroatoms. The minimum Gasteiger partial charge on any atom is -0.494 e. The van der Waals surface area contributed by atoms with Gasteiger partial charge in [-0.05, 0) is 60.0 Å². The topological polar surface area (TPSA) is 94.7 Å². The molecule has 0 aliphatic carbocycles. The van der Waals surface area contributed by atoms with Crippen LogP contribution in [0.5, 0.6) is 5.75 Å². The fourth-order valence-corrected chi connectivity index (χ4v) is 6.31. The zero-order valence-corrected chi connectivity index (χ0v) is 24.3. The van der Waals surface area contributed by atoms with Crippen molar-refractivity contribution in [1.29, 1.82) is 0 Å². The average molecular weight is 585 g/mol. The van der Waals surface area contributed by atoms with Crippen molar-refractivity contribution < 1.29 is 19.1 Å². The Kier molecular flexibility index (Phi) is 7.10. The lowest BCUT2D eigenvalue weighted by Crippen LogP contribution is -2.44. The van der Waals surface area contributed by atoms with Crippen molar-refractivity contribution in [1.82, 2.24) is 9.88 Å². The van der Waals surface area contributed by atoms with Crippen molar-refractivity contribution >= 4 is 40.1 Å². The molecule has 220 valence electrons. The van der Waals surface area contributed by atoms with Gasteiger partial charge >= 0.3 is 6.03 Å². The molecule has 5 aromatic rings. The van der Waals surface area contributed by atoms with Gasteiger partial charge in [0, 0.05) is 28.7 Å². The number of benzene rings is 4. The molecule has 1 unspecified atom stereocenters. The fourth-order valence-electron chi connectivity index (χ4n) is 6.31. The molecular weight excluding hydrogens is 552 g/mol. The van der Waals surface area contributed by atoms with Crippen LogP contribution in [0.25, 0.3) is 10.9 Å². The SMILES string of the molecule is CCCCOc1ccc(NC(=O)c2ccccc2N2C(=O)[C@@H]3Cc4c([nH]c5ccccc45)C(c4ccccc4)N3C2=O)cc1. The number of hydrogen-bond donors (Lipinski definition) is 2. The van der Waals surface area contributed by atoms with Crippen molar-refractivity contribution in [3.05, 3.63) is 126 Å². The lowest BCUT2D eigenvalue weighted by molar-refractivity contribution is -0.120. The van der Waals surface area contributed by atoms with E-state index in [1.54, 1.807) is 41.3 Å². The largest absolute Gasteiger partial charge is 0.494 e. The Hall–Kier alpha value is -5.37. The highest BCUT2D eigenvalue weighted by Crippen LogP contribution is 2.45. The van der Waals surface area contributed by atoms with E-state index in [0.717, 1.165) is 46.3 Å². The number of rotatable bonds is 8. The van der Waals surface area contributed by atoms with Crippen LogP contribution in [0.4, 0.5) is 16.2 Å². The van der Waals surface area contributed by atoms with E-state index in [1.165, 1.54) is 4.90 Å². The highest BCUT2D eigenvalue weighted by Gasteiger charge is 2.53. The van der Waals surface area contributed by atoms with Crippen LogP contribution in [0.15, 0.2) is 103 Å². The van der Waals surface area contributed by atoms with Crippen molar-refractivity contribution in [2.75, 3.05) is 16.8 Å².